The average Bonchev–Trinajstić information content (AvgIpc) is 2.21. The van der Waals surface area contributed by atoms with Crippen LogP contribution < -0.4 is 0 Å². The number of rotatable bonds is 7. The summed E-state index contributed by atoms with van der Waals surface area (Å²) >= 11 is 0. The molecule has 14 heavy (non-hydrogen) atoms. The zero-order valence-electron chi connectivity index (χ0n) is 9.26. The lowest BCUT2D eigenvalue weighted by atomic mass is 10.2. The fraction of sp³-hybridized carbons (Fsp3) is 0.692. The van der Waals surface area contributed by atoms with Crippen molar-refractivity contribution in [3.63, 3.8) is 0 Å². The second-order valence-electron chi connectivity index (χ2n) is 3.35. The molecule has 1 nitrogen and oxygen atoms in total. The largest absolute Gasteiger partial charge is 0.396 e. The van der Waals surface area contributed by atoms with Gasteiger partial charge < -0.3 is 5.11 Å². The van der Waals surface area contributed by atoms with Gasteiger partial charge in [0.1, 0.15) is 0 Å². The topological polar surface area (TPSA) is 20.2 Å². The summed E-state index contributed by atoms with van der Waals surface area (Å²) in [4.78, 5) is 0. The van der Waals surface area contributed by atoms with Gasteiger partial charge in [0, 0.05) is 19.4 Å². The van der Waals surface area contributed by atoms with Crippen LogP contribution in [0.4, 0.5) is 0 Å². The Labute approximate surface area is 88.2 Å². The lowest BCUT2D eigenvalue weighted by Gasteiger charge is -1.90. The van der Waals surface area contributed by atoms with Crippen LogP contribution in [-0.4, -0.2) is 11.7 Å². The van der Waals surface area contributed by atoms with Crippen LogP contribution in [0.5, 0.6) is 0 Å². The molecule has 0 aromatic heterocycles. The van der Waals surface area contributed by atoms with E-state index in [-0.39, 0.29) is 6.61 Å². The fourth-order valence-corrected chi connectivity index (χ4v) is 1.10. The predicted octanol–water partition coefficient (Wildman–Crippen LogP) is 3.29. The van der Waals surface area contributed by atoms with Gasteiger partial charge in [-0.2, -0.15) is 0 Å². The quantitative estimate of drug-likeness (QED) is 0.374. The van der Waals surface area contributed by atoms with Crippen molar-refractivity contribution in [2.24, 2.45) is 0 Å². The summed E-state index contributed by atoms with van der Waals surface area (Å²) < 4.78 is 0. The molecule has 0 aromatic rings. The predicted molar refractivity (Wildman–Crippen MR) is 62.0 cm³/mol. The van der Waals surface area contributed by atoms with Gasteiger partial charge in [0.05, 0.1) is 0 Å². The van der Waals surface area contributed by atoms with Gasteiger partial charge in [-0.3, -0.25) is 0 Å². The van der Waals surface area contributed by atoms with Crippen LogP contribution in [0.1, 0.15) is 51.9 Å². The highest BCUT2D eigenvalue weighted by molar-refractivity contribution is 5.04. The molecule has 0 amide bonds. The third-order valence-corrected chi connectivity index (χ3v) is 1.95. The number of unbranched alkanes of at least 4 members (excludes halogenated alkanes) is 4. The molecule has 0 saturated carbocycles. The summed E-state index contributed by atoms with van der Waals surface area (Å²) in [7, 11) is 0. The number of allylic oxidation sites excluding steroid dienone is 2. The first-order chi connectivity index (χ1) is 6.91. The molecule has 1 N–H and O–H groups in total. The molecule has 0 aromatic carbocycles. The highest BCUT2D eigenvalue weighted by Gasteiger charge is 1.80. The lowest BCUT2D eigenvalue weighted by molar-refractivity contribution is 0.290. The van der Waals surface area contributed by atoms with Crippen LogP contribution in [-0.2, 0) is 0 Å². The molecular formula is C13H22O. The Balaban J connectivity index is 3.19. The molecule has 0 aliphatic rings. The summed E-state index contributed by atoms with van der Waals surface area (Å²) in [5, 5.41) is 8.51. The van der Waals surface area contributed by atoms with Gasteiger partial charge in [-0.15, -0.1) is 5.92 Å². The first kappa shape index (κ1) is 13.3. The molecule has 0 aliphatic heterocycles. The lowest BCUT2D eigenvalue weighted by Crippen LogP contribution is -1.78. The monoisotopic (exact) mass is 194 g/mol. The molecule has 0 atom stereocenters. The van der Waals surface area contributed by atoms with E-state index in [0.29, 0.717) is 0 Å². The maximum atomic E-state index is 8.51. The average molecular weight is 194 g/mol. The van der Waals surface area contributed by atoms with Crippen molar-refractivity contribution in [3.05, 3.63) is 12.2 Å². The smallest absolute Gasteiger partial charge is 0.0440 e. The SMILES string of the molecule is CCCCCC=CCC#CCCCO. The van der Waals surface area contributed by atoms with Crippen LogP contribution in [0, 0.1) is 11.8 Å². The summed E-state index contributed by atoms with van der Waals surface area (Å²) in [5.74, 6) is 6.09. The molecule has 0 saturated heterocycles. The van der Waals surface area contributed by atoms with Crippen molar-refractivity contribution in [1.29, 1.82) is 0 Å². The number of aliphatic hydroxyl groups excluding tert-OH is 1. The highest BCUT2D eigenvalue weighted by atomic mass is 16.2. The fourth-order valence-electron chi connectivity index (χ4n) is 1.10. The van der Waals surface area contributed by atoms with Gasteiger partial charge in [0.25, 0.3) is 0 Å². The summed E-state index contributed by atoms with van der Waals surface area (Å²) in [6, 6.07) is 0. The van der Waals surface area contributed by atoms with Gasteiger partial charge in [-0.25, -0.2) is 0 Å². The number of hydrogen-bond acceptors (Lipinski definition) is 1. The summed E-state index contributed by atoms with van der Waals surface area (Å²) in [5.41, 5.74) is 0. The molecule has 1 heteroatoms. The molecule has 0 rings (SSSR count). The van der Waals surface area contributed by atoms with Crippen LogP contribution in [0.3, 0.4) is 0 Å². The van der Waals surface area contributed by atoms with Crippen LogP contribution in [0.25, 0.3) is 0 Å². The Morgan fingerprint density at radius 1 is 1.07 bits per heavy atom. The normalized spacial score (nSPS) is 10.1. The van der Waals surface area contributed by atoms with E-state index in [0.717, 1.165) is 19.3 Å². The first-order valence-electron chi connectivity index (χ1n) is 5.63. The Morgan fingerprint density at radius 3 is 2.64 bits per heavy atom. The minimum Gasteiger partial charge on any atom is -0.396 e. The van der Waals surface area contributed by atoms with Crippen molar-refractivity contribution in [3.8, 4) is 11.8 Å². The third-order valence-electron chi connectivity index (χ3n) is 1.95. The molecule has 0 aliphatic carbocycles. The van der Waals surface area contributed by atoms with Crippen LogP contribution in [0.15, 0.2) is 12.2 Å². The minimum absolute atomic E-state index is 0.252. The van der Waals surface area contributed by atoms with E-state index in [4.69, 9.17) is 5.11 Å². The van der Waals surface area contributed by atoms with Crippen molar-refractivity contribution in [1.82, 2.24) is 0 Å². The Bertz CT molecular complexity index is 183. The van der Waals surface area contributed by atoms with Gasteiger partial charge in [-0.1, -0.05) is 37.8 Å². The number of hydrogen-bond donors (Lipinski definition) is 1. The Morgan fingerprint density at radius 2 is 1.93 bits per heavy atom. The van der Waals surface area contributed by atoms with E-state index in [1.807, 2.05) is 0 Å². The molecule has 0 fully saturated rings. The van der Waals surface area contributed by atoms with E-state index in [1.165, 1.54) is 25.7 Å². The van der Waals surface area contributed by atoms with E-state index >= 15 is 0 Å². The van der Waals surface area contributed by atoms with Gasteiger partial charge >= 0.3 is 0 Å². The second-order valence-corrected chi connectivity index (χ2v) is 3.35. The maximum Gasteiger partial charge on any atom is 0.0440 e. The second kappa shape index (κ2) is 12.3. The molecule has 0 bridgehead atoms. The highest BCUT2D eigenvalue weighted by Crippen LogP contribution is 1.99. The zero-order valence-corrected chi connectivity index (χ0v) is 9.26. The van der Waals surface area contributed by atoms with E-state index in [1.54, 1.807) is 0 Å². The maximum absolute atomic E-state index is 8.51. The summed E-state index contributed by atoms with van der Waals surface area (Å²) in [6.07, 6.45) is 11.9. The van der Waals surface area contributed by atoms with Crippen molar-refractivity contribution in [2.75, 3.05) is 6.61 Å². The van der Waals surface area contributed by atoms with Crippen LogP contribution >= 0.6 is 0 Å². The van der Waals surface area contributed by atoms with Crippen molar-refractivity contribution < 1.29 is 5.11 Å². The van der Waals surface area contributed by atoms with Gasteiger partial charge in [-0.05, 0) is 19.3 Å². The molecule has 0 heterocycles. The standard InChI is InChI=1S/C13H22O/c1-2-3-4-5-6-7-8-9-10-11-12-13-14/h6-7,14H,2-5,8,11-13H2,1H3. The number of aliphatic hydroxyl groups is 1. The van der Waals surface area contributed by atoms with Crippen molar-refractivity contribution >= 4 is 0 Å². The summed E-state index contributed by atoms with van der Waals surface area (Å²) in [6.45, 7) is 2.47. The Kier molecular flexibility index (Phi) is 11.6. The Hall–Kier alpha value is -0.740. The first-order valence-corrected chi connectivity index (χ1v) is 5.63. The molecule has 0 unspecified atom stereocenters. The van der Waals surface area contributed by atoms with Crippen molar-refractivity contribution in [2.45, 2.75) is 51.9 Å². The molecular weight excluding hydrogens is 172 g/mol. The van der Waals surface area contributed by atoms with Gasteiger partial charge in [0.2, 0.25) is 0 Å². The van der Waals surface area contributed by atoms with E-state index < -0.39 is 0 Å². The van der Waals surface area contributed by atoms with Crippen LogP contribution in [0.2, 0.25) is 0 Å². The molecule has 0 spiro atoms. The zero-order chi connectivity index (χ0) is 10.5. The molecule has 80 valence electrons. The molecule has 0 radical (unpaired) electrons. The van der Waals surface area contributed by atoms with Gasteiger partial charge in [0.15, 0.2) is 0 Å². The van der Waals surface area contributed by atoms with E-state index in [9.17, 15) is 0 Å². The minimum atomic E-state index is 0.252. The third kappa shape index (κ3) is 11.3. The van der Waals surface area contributed by atoms with E-state index in [2.05, 4.69) is 30.9 Å².